The Balaban J connectivity index is 1.94. The van der Waals surface area contributed by atoms with Crippen LogP contribution in [0.2, 0.25) is 0 Å². The van der Waals surface area contributed by atoms with Crippen molar-refractivity contribution in [2.24, 2.45) is 0 Å². The highest BCUT2D eigenvalue weighted by molar-refractivity contribution is 5.50. The van der Waals surface area contributed by atoms with Gasteiger partial charge in [-0.2, -0.15) is 0 Å². The standard InChI is InChI=1S/C23H31NO/c1-22(2,3)19-11-16(12-20(21(19)25)23(4,5)6)13-24-14-17-9-7-8-10-18(17)15-24/h7-12,25H,13-15H2,1-6H3. The van der Waals surface area contributed by atoms with Crippen molar-refractivity contribution in [3.05, 3.63) is 64.2 Å². The van der Waals surface area contributed by atoms with Crippen molar-refractivity contribution in [2.75, 3.05) is 0 Å². The lowest BCUT2D eigenvalue weighted by Gasteiger charge is -2.29. The average molecular weight is 338 g/mol. The van der Waals surface area contributed by atoms with Crippen LogP contribution in [0.1, 0.15) is 69.4 Å². The third-order valence-corrected chi connectivity index (χ3v) is 5.10. The molecular formula is C23H31NO. The molecule has 0 radical (unpaired) electrons. The lowest BCUT2D eigenvalue weighted by molar-refractivity contribution is 0.274. The van der Waals surface area contributed by atoms with Gasteiger partial charge >= 0.3 is 0 Å². The smallest absolute Gasteiger partial charge is 0.123 e. The Kier molecular flexibility index (Phi) is 4.45. The van der Waals surface area contributed by atoms with Gasteiger partial charge in [0.05, 0.1) is 0 Å². The van der Waals surface area contributed by atoms with Crippen LogP contribution in [-0.4, -0.2) is 10.0 Å². The van der Waals surface area contributed by atoms with Gasteiger partial charge in [-0.05, 0) is 38.6 Å². The largest absolute Gasteiger partial charge is 0.507 e. The van der Waals surface area contributed by atoms with E-state index >= 15 is 0 Å². The van der Waals surface area contributed by atoms with E-state index in [9.17, 15) is 5.11 Å². The zero-order chi connectivity index (χ0) is 18.4. The van der Waals surface area contributed by atoms with Crippen LogP contribution in [0.25, 0.3) is 0 Å². The van der Waals surface area contributed by atoms with Crippen LogP contribution >= 0.6 is 0 Å². The summed E-state index contributed by atoms with van der Waals surface area (Å²) in [6.45, 7) is 16.0. The number of fused-ring (bicyclic) bond motifs is 1. The molecule has 3 rings (SSSR count). The normalized spacial score (nSPS) is 15.4. The van der Waals surface area contributed by atoms with Crippen LogP contribution in [0.3, 0.4) is 0 Å². The number of hydrogen-bond acceptors (Lipinski definition) is 2. The molecule has 0 spiro atoms. The average Bonchev–Trinajstić information content (AvgIpc) is 2.88. The second kappa shape index (κ2) is 6.17. The van der Waals surface area contributed by atoms with E-state index in [1.54, 1.807) is 0 Å². The van der Waals surface area contributed by atoms with Gasteiger partial charge in [0.1, 0.15) is 5.75 Å². The van der Waals surface area contributed by atoms with Crippen LogP contribution in [0.5, 0.6) is 5.75 Å². The molecule has 2 nitrogen and oxygen atoms in total. The third kappa shape index (κ3) is 3.74. The van der Waals surface area contributed by atoms with Crippen molar-refractivity contribution < 1.29 is 5.11 Å². The molecule has 1 aliphatic rings. The number of hydrogen-bond donors (Lipinski definition) is 1. The van der Waals surface area contributed by atoms with Crippen LogP contribution in [0.15, 0.2) is 36.4 Å². The highest BCUT2D eigenvalue weighted by Gasteiger charge is 2.27. The first kappa shape index (κ1) is 18.0. The molecule has 0 amide bonds. The predicted octanol–water partition coefficient (Wildman–Crippen LogP) is 5.50. The van der Waals surface area contributed by atoms with E-state index in [0.717, 1.165) is 30.8 Å². The zero-order valence-corrected chi connectivity index (χ0v) is 16.5. The molecule has 2 heteroatoms. The van der Waals surface area contributed by atoms with E-state index in [0.29, 0.717) is 5.75 Å². The second-order valence-corrected chi connectivity index (χ2v) is 9.45. The minimum absolute atomic E-state index is 0.0753. The van der Waals surface area contributed by atoms with E-state index in [-0.39, 0.29) is 10.8 Å². The van der Waals surface area contributed by atoms with Gasteiger partial charge in [-0.3, -0.25) is 4.90 Å². The molecule has 0 unspecified atom stereocenters. The van der Waals surface area contributed by atoms with E-state index in [1.807, 2.05) is 0 Å². The number of phenols is 1. The third-order valence-electron chi connectivity index (χ3n) is 5.10. The van der Waals surface area contributed by atoms with Crippen LogP contribution in [0, 0.1) is 0 Å². The molecule has 1 aliphatic heterocycles. The maximum Gasteiger partial charge on any atom is 0.123 e. The summed E-state index contributed by atoms with van der Waals surface area (Å²) >= 11 is 0. The maximum atomic E-state index is 10.9. The fourth-order valence-electron chi connectivity index (χ4n) is 3.70. The molecule has 0 aromatic heterocycles. The predicted molar refractivity (Wildman–Crippen MR) is 105 cm³/mol. The van der Waals surface area contributed by atoms with Crippen molar-refractivity contribution in [3.8, 4) is 5.75 Å². The van der Waals surface area contributed by atoms with Crippen molar-refractivity contribution in [2.45, 2.75) is 72.0 Å². The van der Waals surface area contributed by atoms with Gasteiger partial charge in [0, 0.05) is 19.6 Å². The summed E-state index contributed by atoms with van der Waals surface area (Å²) < 4.78 is 0. The van der Waals surface area contributed by atoms with Gasteiger partial charge in [0.15, 0.2) is 0 Å². The summed E-state index contributed by atoms with van der Waals surface area (Å²) in [6.07, 6.45) is 0. The summed E-state index contributed by atoms with van der Waals surface area (Å²) in [6, 6.07) is 13.1. The van der Waals surface area contributed by atoms with Gasteiger partial charge in [-0.1, -0.05) is 77.9 Å². The minimum atomic E-state index is -0.0753. The van der Waals surface area contributed by atoms with Gasteiger partial charge in [0.2, 0.25) is 0 Å². The number of aromatic hydroxyl groups is 1. The van der Waals surface area contributed by atoms with Gasteiger partial charge in [-0.25, -0.2) is 0 Å². The van der Waals surface area contributed by atoms with E-state index in [2.05, 4.69) is 82.8 Å². The Bertz CT molecular complexity index is 717. The summed E-state index contributed by atoms with van der Waals surface area (Å²) in [4.78, 5) is 2.48. The SMILES string of the molecule is CC(C)(C)c1cc(CN2Cc3ccccc3C2)cc(C(C)(C)C)c1O. The van der Waals surface area contributed by atoms with Crippen LogP contribution < -0.4 is 0 Å². The maximum absolute atomic E-state index is 10.9. The quantitative estimate of drug-likeness (QED) is 0.782. The van der Waals surface area contributed by atoms with Crippen LogP contribution in [-0.2, 0) is 30.5 Å². The monoisotopic (exact) mass is 337 g/mol. The Labute approximate surface area is 152 Å². The first-order valence-electron chi connectivity index (χ1n) is 9.22. The molecule has 134 valence electrons. The van der Waals surface area contributed by atoms with Crippen molar-refractivity contribution >= 4 is 0 Å². The molecule has 2 aromatic carbocycles. The number of rotatable bonds is 2. The number of nitrogens with zero attached hydrogens (tertiary/aromatic N) is 1. The molecule has 0 bridgehead atoms. The Morgan fingerprint density at radius 2 is 1.28 bits per heavy atom. The molecule has 0 saturated heterocycles. The number of benzene rings is 2. The van der Waals surface area contributed by atoms with Crippen molar-refractivity contribution in [1.82, 2.24) is 4.90 Å². The van der Waals surface area contributed by atoms with E-state index in [1.165, 1.54) is 16.7 Å². The first-order valence-corrected chi connectivity index (χ1v) is 9.22. The molecule has 0 aliphatic carbocycles. The lowest BCUT2D eigenvalue weighted by atomic mass is 9.78. The van der Waals surface area contributed by atoms with Gasteiger partial charge < -0.3 is 5.11 Å². The summed E-state index contributed by atoms with van der Waals surface area (Å²) in [5, 5.41) is 10.9. The highest BCUT2D eigenvalue weighted by atomic mass is 16.3. The molecule has 2 aromatic rings. The van der Waals surface area contributed by atoms with Crippen LogP contribution in [0.4, 0.5) is 0 Å². The Hall–Kier alpha value is -1.80. The van der Waals surface area contributed by atoms with Crippen molar-refractivity contribution in [3.63, 3.8) is 0 Å². The minimum Gasteiger partial charge on any atom is -0.507 e. The molecule has 0 fully saturated rings. The first-order chi connectivity index (χ1) is 11.6. The second-order valence-electron chi connectivity index (χ2n) is 9.45. The Morgan fingerprint density at radius 3 is 1.68 bits per heavy atom. The van der Waals surface area contributed by atoms with E-state index in [4.69, 9.17) is 0 Å². The number of phenolic OH excluding ortho intramolecular Hbond substituents is 1. The highest BCUT2D eigenvalue weighted by Crippen LogP contribution is 2.40. The summed E-state index contributed by atoms with van der Waals surface area (Å²) in [5.74, 6) is 0.466. The topological polar surface area (TPSA) is 23.5 Å². The van der Waals surface area contributed by atoms with Gasteiger partial charge in [0.25, 0.3) is 0 Å². The molecular weight excluding hydrogens is 306 g/mol. The fraction of sp³-hybridized carbons (Fsp3) is 0.478. The molecule has 25 heavy (non-hydrogen) atoms. The molecule has 0 atom stereocenters. The van der Waals surface area contributed by atoms with Crippen molar-refractivity contribution in [1.29, 1.82) is 0 Å². The molecule has 1 heterocycles. The summed E-state index contributed by atoms with van der Waals surface area (Å²) in [5.41, 5.74) is 6.11. The van der Waals surface area contributed by atoms with E-state index < -0.39 is 0 Å². The summed E-state index contributed by atoms with van der Waals surface area (Å²) in [7, 11) is 0. The molecule has 0 saturated carbocycles. The lowest BCUT2D eigenvalue weighted by Crippen LogP contribution is -2.20. The molecule has 1 N–H and O–H groups in total. The Morgan fingerprint density at radius 1 is 0.840 bits per heavy atom. The zero-order valence-electron chi connectivity index (χ0n) is 16.5. The fourth-order valence-corrected chi connectivity index (χ4v) is 3.70. The van der Waals surface area contributed by atoms with Gasteiger partial charge in [-0.15, -0.1) is 0 Å².